The molecule has 0 saturated heterocycles. The maximum Gasteiger partial charge on any atom is 0.389 e. The van der Waals surface area contributed by atoms with Crippen LogP contribution in [0.25, 0.3) is 0 Å². The number of aryl methyl sites for hydroxylation is 2. The molecule has 2 heterocycles. The molecule has 85 heavy (non-hydrogen) atoms. The highest BCUT2D eigenvalue weighted by Gasteiger charge is 2.35. The molecule has 0 aliphatic carbocycles. The normalized spacial score (nSPS) is 19.8. The van der Waals surface area contributed by atoms with Gasteiger partial charge in [-0.05, 0) is 133 Å². The van der Waals surface area contributed by atoms with Gasteiger partial charge in [0.1, 0.15) is 23.0 Å². The molecule has 8 rings (SSSR count). The molecule has 448 valence electrons. The average Bonchev–Trinajstić information content (AvgIpc) is 3.51. The summed E-state index contributed by atoms with van der Waals surface area (Å²) in [5.41, 5.74) is 10.9. The van der Waals surface area contributed by atoms with E-state index < -0.39 is 103 Å². The molecule has 0 fully saturated rings. The van der Waals surface area contributed by atoms with Crippen LogP contribution in [0.4, 0.5) is 26.3 Å². The van der Waals surface area contributed by atoms with Crippen LogP contribution in [0, 0.1) is 11.8 Å². The smallest absolute Gasteiger partial charge is 0.389 e. The summed E-state index contributed by atoms with van der Waals surface area (Å²) in [5.74, 6) is -3.61. The van der Waals surface area contributed by atoms with Gasteiger partial charge in [-0.1, -0.05) is 109 Å². The number of nitrogens with two attached hydrogens (primary N) is 1. The zero-order chi connectivity index (χ0) is 61.1. The van der Waals surface area contributed by atoms with Gasteiger partial charge in [0.25, 0.3) is 0 Å². The molecule has 19 heteroatoms. The van der Waals surface area contributed by atoms with Gasteiger partial charge in [0.05, 0.1) is 37.0 Å². The lowest BCUT2D eigenvalue weighted by atomic mass is 9.89. The Balaban J connectivity index is 0.000000244. The fraction of sp³-hybridized carbons (Fsp3) is 0.348. The number of alkyl halides is 6. The van der Waals surface area contributed by atoms with Crippen molar-refractivity contribution < 1.29 is 69.4 Å². The molecule has 0 radical (unpaired) electrons. The van der Waals surface area contributed by atoms with E-state index in [0.717, 1.165) is 22.3 Å². The quantitative estimate of drug-likeness (QED) is 0.0807. The zero-order valence-electron chi connectivity index (χ0n) is 46.9. The molecule has 8 bridgehead atoms. The third-order valence-electron chi connectivity index (χ3n) is 14.6. The molecule has 0 aromatic heterocycles. The Hall–Kier alpha value is -8.45. The minimum absolute atomic E-state index is 0.0292. The summed E-state index contributed by atoms with van der Waals surface area (Å²) in [6, 6.07) is 42.4. The van der Waals surface area contributed by atoms with Gasteiger partial charge in [-0.2, -0.15) is 26.3 Å². The van der Waals surface area contributed by atoms with E-state index in [2.05, 4.69) is 16.0 Å². The van der Waals surface area contributed by atoms with E-state index in [1.54, 1.807) is 84.9 Å². The molecule has 6 aromatic rings. The first kappa shape index (κ1) is 64.1. The van der Waals surface area contributed by atoms with Gasteiger partial charge in [0.15, 0.2) is 23.1 Å². The highest BCUT2D eigenvalue weighted by molar-refractivity contribution is 5.95. The second-order valence-electron chi connectivity index (χ2n) is 21.5. The monoisotopic (exact) mass is 1170 g/mol. The first-order valence-electron chi connectivity index (χ1n) is 28.2. The highest BCUT2D eigenvalue weighted by Crippen LogP contribution is 2.30. The maximum absolute atomic E-state index is 13.7. The number of fused-ring (bicyclic) bond motifs is 8. The lowest BCUT2D eigenvalue weighted by Gasteiger charge is -2.25. The first-order chi connectivity index (χ1) is 40.5. The Labute approximate surface area is 489 Å². The van der Waals surface area contributed by atoms with Gasteiger partial charge >= 0.3 is 12.4 Å². The van der Waals surface area contributed by atoms with Crippen LogP contribution in [-0.2, 0) is 72.1 Å². The minimum Gasteiger partial charge on any atom is -0.457 e. The number of hydrogen-bond donors (Lipinski definition) is 4. The van der Waals surface area contributed by atoms with Crippen LogP contribution in [0.5, 0.6) is 23.0 Å². The summed E-state index contributed by atoms with van der Waals surface area (Å²) in [4.78, 5) is 92.3. The number of ether oxygens (including phenoxy) is 2. The summed E-state index contributed by atoms with van der Waals surface area (Å²) in [6.07, 6.45) is -11.8. The van der Waals surface area contributed by atoms with Crippen LogP contribution in [0.15, 0.2) is 158 Å². The van der Waals surface area contributed by atoms with Gasteiger partial charge in [-0.25, -0.2) is 0 Å². The van der Waals surface area contributed by atoms with Crippen LogP contribution in [0.2, 0.25) is 0 Å². The van der Waals surface area contributed by atoms with Gasteiger partial charge in [-0.15, -0.1) is 0 Å². The first-order valence-corrected chi connectivity index (χ1v) is 28.2. The predicted molar refractivity (Wildman–Crippen MR) is 307 cm³/mol. The van der Waals surface area contributed by atoms with E-state index in [0.29, 0.717) is 53.4 Å². The molecule has 0 spiro atoms. The average molecular weight is 1180 g/mol. The van der Waals surface area contributed by atoms with Crippen molar-refractivity contribution in [2.45, 2.75) is 133 Å². The summed E-state index contributed by atoms with van der Waals surface area (Å²) < 4.78 is 89.8. The van der Waals surface area contributed by atoms with Crippen LogP contribution in [0.1, 0.15) is 91.7 Å². The van der Waals surface area contributed by atoms with E-state index in [9.17, 15) is 59.9 Å². The number of nitrogens with one attached hydrogen (secondary N) is 3. The van der Waals surface area contributed by atoms with Crippen molar-refractivity contribution >= 4 is 40.9 Å². The second kappa shape index (κ2) is 30.4. The van der Waals surface area contributed by atoms with Gasteiger partial charge in [-0.3, -0.25) is 33.6 Å². The van der Waals surface area contributed by atoms with Crippen LogP contribution in [-0.4, -0.2) is 77.4 Å². The van der Waals surface area contributed by atoms with Crippen molar-refractivity contribution in [2.75, 3.05) is 0 Å². The van der Waals surface area contributed by atoms with E-state index in [1.807, 2.05) is 72.8 Å². The van der Waals surface area contributed by atoms with Crippen LogP contribution in [0.3, 0.4) is 0 Å². The number of benzene rings is 6. The van der Waals surface area contributed by atoms with Crippen molar-refractivity contribution in [2.24, 2.45) is 17.6 Å². The zero-order valence-corrected chi connectivity index (χ0v) is 46.9. The lowest BCUT2D eigenvalue weighted by Crippen LogP contribution is -2.47. The fourth-order valence-corrected chi connectivity index (χ4v) is 10.1. The maximum atomic E-state index is 13.7. The third kappa shape index (κ3) is 21.6. The summed E-state index contributed by atoms with van der Waals surface area (Å²) >= 11 is 0. The Morgan fingerprint density at radius 1 is 0.494 bits per heavy atom. The molecule has 5 N–H and O–H groups in total. The lowest BCUT2D eigenvalue weighted by molar-refractivity contribution is -0.144. The number of carbonyl (C=O) groups excluding carboxylic acids is 7. The molecule has 2 aliphatic heterocycles. The fourth-order valence-electron chi connectivity index (χ4n) is 10.1. The van der Waals surface area contributed by atoms with Crippen LogP contribution < -0.4 is 31.2 Å². The SMILES string of the molecule is CC(=O)N[C@H]1Cc2cccc(c2)Oc2cccc(c2)C[C@@H](C(=O)CCC(F)(F)F)NC(=O)[C@H](CCc2ccccc2)CC1=O.N[C@H]1Cc2cccc(c2)Oc2cccc(c2)C[C@@H](C(=O)CCC(F)(F)F)NC(=O)[C@H](CCc2ccccc2)CC1=O. The second-order valence-corrected chi connectivity index (χ2v) is 21.5. The Morgan fingerprint density at radius 2 is 0.859 bits per heavy atom. The van der Waals surface area contributed by atoms with E-state index in [4.69, 9.17) is 15.2 Å². The van der Waals surface area contributed by atoms with Gasteiger partial charge in [0.2, 0.25) is 17.7 Å². The molecule has 2 aliphatic rings. The summed E-state index contributed by atoms with van der Waals surface area (Å²) in [7, 11) is 0. The molecule has 0 saturated carbocycles. The molecule has 0 unspecified atom stereocenters. The topological polar surface area (TPSA) is 200 Å². The van der Waals surface area contributed by atoms with Gasteiger partial charge in [0, 0.05) is 44.4 Å². The molecule has 6 atom stereocenters. The Bertz CT molecular complexity index is 3270. The molecular formula is C66H68F6N4O9. The number of carbonyl (C=O) groups is 7. The van der Waals surface area contributed by atoms with E-state index in [1.165, 1.54) is 6.92 Å². The van der Waals surface area contributed by atoms with Crippen molar-refractivity contribution in [1.82, 2.24) is 16.0 Å². The number of hydrogen-bond acceptors (Lipinski definition) is 10. The van der Waals surface area contributed by atoms with Crippen molar-refractivity contribution in [3.63, 3.8) is 0 Å². The predicted octanol–water partition coefficient (Wildman–Crippen LogP) is 11.2. The summed E-state index contributed by atoms with van der Waals surface area (Å²) in [6.45, 7) is 1.30. The number of ketones is 4. The molecule has 6 aromatic carbocycles. The number of Topliss-reactive ketones (excluding diaryl/α,β-unsaturated/α-hetero) is 4. The molecular weight excluding hydrogens is 1110 g/mol. The minimum atomic E-state index is -4.54. The molecule has 13 nitrogen and oxygen atoms in total. The standard InChI is InChI=1S/C34H35F3N2O5.C32H33F3N2O4/c1-22(40)38-30-20-25-10-6-12-28(18-25)44-27-11-5-9-24(17-27)19-29(31(41)15-16-34(35,36)37)39-33(43)26(21-32(30)42)14-13-23-7-3-2-4-8-23;33-32(34,35)15-14-29(38)28-19-23-9-5-11-26(17-23)41-25-10-4-8-22(16-25)18-27(36)30(39)20-24(31(40)37-28)13-12-21-6-2-1-3-7-21/h2-12,17-18,26,29-30H,13-16,19-21H2,1H3,(H,38,40)(H,39,43);1-11,16-17,24,27-28H,12-15,18-20,36H2,(H,37,40)/t26-,29+,30+;24-,27+,28+/m11/s1. The number of halogens is 6. The Kier molecular flexibility index (Phi) is 22.9. The largest absolute Gasteiger partial charge is 0.457 e. The Morgan fingerprint density at radius 3 is 1.24 bits per heavy atom. The van der Waals surface area contributed by atoms with E-state index in [-0.39, 0.29) is 56.5 Å². The van der Waals surface area contributed by atoms with Crippen LogP contribution >= 0.6 is 0 Å². The summed E-state index contributed by atoms with van der Waals surface area (Å²) in [5, 5.41) is 8.05. The van der Waals surface area contributed by atoms with Crippen molar-refractivity contribution in [3.8, 4) is 23.0 Å². The number of rotatable bonds is 13. The van der Waals surface area contributed by atoms with Crippen molar-refractivity contribution in [3.05, 3.63) is 191 Å². The third-order valence-corrected chi connectivity index (χ3v) is 14.6. The van der Waals surface area contributed by atoms with E-state index >= 15 is 0 Å². The van der Waals surface area contributed by atoms with Gasteiger partial charge < -0.3 is 31.2 Å². The highest BCUT2D eigenvalue weighted by atomic mass is 19.4. The molecule has 3 amide bonds. The number of amides is 3. The van der Waals surface area contributed by atoms with Crippen molar-refractivity contribution in [1.29, 1.82) is 0 Å².